The van der Waals surface area contributed by atoms with Crippen LogP contribution in [0.5, 0.6) is 0 Å². The highest BCUT2D eigenvalue weighted by Crippen LogP contribution is 2.34. The molecule has 0 amide bonds. The fourth-order valence-electron chi connectivity index (χ4n) is 3.16. The topological polar surface area (TPSA) is 49.8 Å². The maximum absolute atomic E-state index is 13.1. The summed E-state index contributed by atoms with van der Waals surface area (Å²) in [5.41, 5.74) is 0.300. The summed E-state index contributed by atoms with van der Waals surface area (Å²) in [5.74, 6) is 0.118. The second-order valence-electron chi connectivity index (χ2n) is 7.32. The summed E-state index contributed by atoms with van der Waals surface area (Å²) < 4.78 is 78.6. The molecule has 3 aromatic carbocycles. The van der Waals surface area contributed by atoms with E-state index in [1.807, 2.05) is 6.92 Å². The minimum atomic E-state index is -4.54. The molecule has 0 atom stereocenters. The zero-order valence-corrected chi connectivity index (χ0v) is 17.0. The lowest BCUT2D eigenvalue weighted by Crippen LogP contribution is -2.08. The van der Waals surface area contributed by atoms with Crippen molar-refractivity contribution in [3.05, 3.63) is 83.4 Å². The number of aryl methyl sites for hydroxylation is 1. The largest absolute Gasteiger partial charge is 0.416 e. The summed E-state index contributed by atoms with van der Waals surface area (Å²) in [7, 11) is 0. The summed E-state index contributed by atoms with van der Waals surface area (Å²) in [6.07, 6.45) is -9.08. The van der Waals surface area contributed by atoms with Crippen molar-refractivity contribution in [2.75, 3.05) is 10.6 Å². The van der Waals surface area contributed by atoms with Crippen LogP contribution in [0.4, 0.5) is 49.4 Å². The van der Waals surface area contributed by atoms with E-state index >= 15 is 0 Å². The molecule has 0 radical (unpaired) electrons. The van der Waals surface area contributed by atoms with E-state index in [2.05, 4.69) is 20.6 Å². The van der Waals surface area contributed by atoms with Crippen LogP contribution in [0.25, 0.3) is 11.0 Å². The Balaban J connectivity index is 1.77. The Hall–Kier alpha value is -3.82. The predicted molar refractivity (Wildman–Crippen MR) is 114 cm³/mol. The van der Waals surface area contributed by atoms with E-state index in [1.54, 1.807) is 18.2 Å². The van der Waals surface area contributed by atoms with Crippen molar-refractivity contribution < 1.29 is 26.3 Å². The molecule has 4 aromatic rings. The van der Waals surface area contributed by atoms with E-state index in [9.17, 15) is 26.3 Å². The van der Waals surface area contributed by atoms with Gasteiger partial charge >= 0.3 is 12.4 Å². The van der Waals surface area contributed by atoms with Gasteiger partial charge in [0.15, 0.2) is 11.6 Å². The summed E-state index contributed by atoms with van der Waals surface area (Å²) in [4.78, 5) is 8.88. The van der Waals surface area contributed by atoms with Crippen molar-refractivity contribution in [3.63, 3.8) is 0 Å². The predicted octanol–water partition coefficient (Wildman–Crippen LogP) is 7.46. The first-order valence-electron chi connectivity index (χ1n) is 9.66. The van der Waals surface area contributed by atoms with Crippen LogP contribution in [0.2, 0.25) is 0 Å². The number of hydrogen-bond acceptors (Lipinski definition) is 4. The number of fused-ring (bicyclic) bond motifs is 1. The first-order chi connectivity index (χ1) is 15.5. The van der Waals surface area contributed by atoms with Crippen molar-refractivity contribution in [1.29, 1.82) is 0 Å². The number of halogens is 6. The van der Waals surface area contributed by atoms with Crippen LogP contribution in [0.15, 0.2) is 66.7 Å². The molecule has 0 saturated heterocycles. The van der Waals surface area contributed by atoms with Gasteiger partial charge in [0.25, 0.3) is 0 Å². The summed E-state index contributed by atoms with van der Waals surface area (Å²) in [6.45, 7) is 1.84. The van der Waals surface area contributed by atoms with Gasteiger partial charge in [-0.25, -0.2) is 9.97 Å². The maximum Gasteiger partial charge on any atom is 0.416 e. The Morgan fingerprint density at radius 3 is 1.58 bits per heavy atom. The highest BCUT2D eigenvalue weighted by Gasteiger charge is 2.31. The van der Waals surface area contributed by atoms with E-state index in [1.165, 1.54) is 24.3 Å². The molecule has 0 aliphatic rings. The first kappa shape index (κ1) is 22.4. The molecular formula is C23H16F6N4. The molecule has 0 saturated carbocycles. The highest BCUT2D eigenvalue weighted by molar-refractivity contribution is 5.84. The molecule has 0 fully saturated rings. The third-order valence-corrected chi connectivity index (χ3v) is 4.73. The van der Waals surface area contributed by atoms with E-state index in [-0.39, 0.29) is 23.0 Å². The van der Waals surface area contributed by atoms with Gasteiger partial charge in [-0.3, -0.25) is 0 Å². The Labute approximate surface area is 184 Å². The van der Waals surface area contributed by atoms with Crippen LogP contribution in [0, 0.1) is 6.92 Å². The second kappa shape index (κ2) is 8.27. The lowest BCUT2D eigenvalue weighted by molar-refractivity contribution is -0.138. The molecule has 4 nitrogen and oxygen atoms in total. The Morgan fingerprint density at radius 2 is 1.09 bits per heavy atom. The van der Waals surface area contributed by atoms with Gasteiger partial charge in [-0.05, 0) is 61.0 Å². The van der Waals surface area contributed by atoms with Gasteiger partial charge in [-0.1, -0.05) is 18.2 Å². The molecule has 0 bridgehead atoms. The molecule has 4 rings (SSSR count). The molecule has 33 heavy (non-hydrogen) atoms. The second-order valence-corrected chi connectivity index (χ2v) is 7.32. The highest BCUT2D eigenvalue weighted by atomic mass is 19.4. The number of anilines is 4. The Bertz CT molecular complexity index is 1310. The number of nitrogens with zero attached hydrogens (tertiary/aromatic N) is 2. The van der Waals surface area contributed by atoms with Gasteiger partial charge < -0.3 is 10.6 Å². The van der Waals surface area contributed by atoms with E-state index in [0.29, 0.717) is 11.0 Å². The summed E-state index contributed by atoms with van der Waals surface area (Å²) >= 11 is 0. The van der Waals surface area contributed by atoms with Gasteiger partial charge in [0.05, 0.1) is 22.2 Å². The molecule has 1 aromatic heterocycles. The number of nitrogens with one attached hydrogen (secondary N) is 2. The smallest absolute Gasteiger partial charge is 0.337 e. The van der Waals surface area contributed by atoms with E-state index in [0.717, 1.165) is 29.8 Å². The molecule has 170 valence electrons. The van der Waals surface area contributed by atoms with Gasteiger partial charge in [-0.15, -0.1) is 0 Å². The zero-order valence-electron chi connectivity index (χ0n) is 17.0. The third-order valence-electron chi connectivity index (χ3n) is 4.73. The molecule has 10 heteroatoms. The Morgan fingerprint density at radius 1 is 0.606 bits per heavy atom. The minimum Gasteiger partial charge on any atom is -0.337 e. The van der Waals surface area contributed by atoms with Crippen LogP contribution in [-0.4, -0.2) is 9.97 Å². The van der Waals surface area contributed by atoms with Crippen molar-refractivity contribution in [1.82, 2.24) is 9.97 Å². The number of hydrogen-bond donors (Lipinski definition) is 2. The zero-order chi connectivity index (χ0) is 23.8. The maximum atomic E-state index is 13.1. The van der Waals surface area contributed by atoms with Gasteiger partial charge in [-0.2, -0.15) is 26.3 Å². The normalized spacial score (nSPS) is 12.1. The molecular weight excluding hydrogens is 446 g/mol. The van der Waals surface area contributed by atoms with Crippen molar-refractivity contribution in [2.45, 2.75) is 19.3 Å². The quantitative estimate of drug-likeness (QED) is 0.309. The molecule has 0 unspecified atom stereocenters. The average Bonchev–Trinajstić information content (AvgIpc) is 2.73. The van der Waals surface area contributed by atoms with Crippen LogP contribution in [0.1, 0.15) is 16.7 Å². The lowest BCUT2D eigenvalue weighted by Gasteiger charge is -2.16. The molecule has 0 aliphatic heterocycles. The van der Waals surface area contributed by atoms with Gasteiger partial charge in [0, 0.05) is 11.4 Å². The van der Waals surface area contributed by atoms with Crippen molar-refractivity contribution in [3.8, 4) is 0 Å². The molecule has 0 spiro atoms. The van der Waals surface area contributed by atoms with E-state index in [4.69, 9.17) is 0 Å². The first-order valence-corrected chi connectivity index (χ1v) is 9.66. The molecule has 0 aliphatic carbocycles. The average molecular weight is 462 g/mol. The van der Waals surface area contributed by atoms with E-state index < -0.39 is 23.5 Å². The van der Waals surface area contributed by atoms with Crippen LogP contribution in [0.3, 0.4) is 0 Å². The number of alkyl halides is 6. The third kappa shape index (κ3) is 5.16. The summed E-state index contributed by atoms with van der Waals surface area (Å²) in [5, 5.41) is 5.60. The number of benzene rings is 3. The lowest BCUT2D eigenvalue weighted by atomic mass is 10.2. The standard InChI is InChI=1S/C23H16F6N4/c1-13-8-9-18-19(10-13)33-21(31-17-7-3-5-15(12-17)23(27,28)29)20(32-18)30-16-6-2-4-14(11-16)22(24,25)26/h2-12H,1H3,(H,30,32)(H,31,33). The fraction of sp³-hybridized carbons (Fsp3) is 0.130. The fourth-order valence-corrected chi connectivity index (χ4v) is 3.16. The monoisotopic (exact) mass is 462 g/mol. The number of aromatic nitrogens is 2. The van der Waals surface area contributed by atoms with Crippen LogP contribution >= 0.6 is 0 Å². The number of rotatable bonds is 4. The van der Waals surface area contributed by atoms with Crippen LogP contribution < -0.4 is 10.6 Å². The van der Waals surface area contributed by atoms with Crippen molar-refractivity contribution >= 4 is 34.0 Å². The Kier molecular flexibility index (Phi) is 5.61. The minimum absolute atomic E-state index is 0.0584. The van der Waals surface area contributed by atoms with Gasteiger partial charge in [0.2, 0.25) is 0 Å². The summed E-state index contributed by atoms with van der Waals surface area (Å²) in [6, 6.07) is 14.2. The van der Waals surface area contributed by atoms with Crippen LogP contribution in [-0.2, 0) is 12.4 Å². The molecule has 2 N–H and O–H groups in total. The van der Waals surface area contributed by atoms with Gasteiger partial charge in [0.1, 0.15) is 0 Å². The van der Waals surface area contributed by atoms with Crippen molar-refractivity contribution in [2.24, 2.45) is 0 Å². The SMILES string of the molecule is Cc1ccc2nc(Nc3cccc(C(F)(F)F)c3)c(Nc3cccc(C(F)(F)F)c3)nc2c1. The molecule has 1 heterocycles.